The third kappa shape index (κ3) is 2.10. The summed E-state index contributed by atoms with van der Waals surface area (Å²) in [6.07, 6.45) is 4.69. The summed E-state index contributed by atoms with van der Waals surface area (Å²) in [7, 11) is 0. The summed E-state index contributed by atoms with van der Waals surface area (Å²) in [6, 6.07) is 0. The van der Waals surface area contributed by atoms with Crippen molar-refractivity contribution in [3.05, 3.63) is 21.7 Å². The molecule has 0 bridgehead atoms. The number of ether oxygens (including phenoxy) is 1. The largest absolute Gasteiger partial charge is 0.475 e. The average molecular weight is 220 g/mol. The number of rotatable bonds is 3. The molecule has 1 aliphatic rings. The molecule has 1 aromatic heterocycles. The van der Waals surface area contributed by atoms with Crippen molar-refractivity contribution >= 4 is 18.5 Å². The molecule has 0 unspecified atom stereocenters. The zero-order valence-electron chi connectivity index (χ0n) is 9.02. The molecule has 0 fully saturated rings. The third-order valence-corrected chi connectivity index (χ3v) is 1.89. The molecule has 2 rings (SSSR count). The fraction of sp³-hybridized carbons (Fsp3) is 0.300. The Morgan fingerprint density at radius 3 is 2.62 bits per heavy atom. The maximum absolute atomic E-state index is 11.5. The Hall–Kier alpha value is -2.11. The molecule has 6 nitrogen and oxygen atoms in total. The molecular weight excluding hydrogens is 208 g/mol. The second kappa shape index (κ2) is 4.18. The molecule has 0 saturated heterocycles. The lowest BCUT2D eigenvalue weighted by Crippen LogP contribution is -2.08. The van der Waals surface area contributed by atoms with Crippen molar-refractivity contribution in [1.29, 1.82) is 0 Å². The molecule has 0 radical (unpaired) electrons. The fourth-order valence-electron chi connectivity index (χ4n) is 1.27. The van der Waals surface area contributed by atoms with E-state index >= 15 is 0 Å². The molecule has 0 aromatic carbocycles. The van der Waals surface area contributed by atoms with Crippen LogP contribution in [0.25, 0.3) is 6.08 Å². The van der Waals surface area contributed by atoms with E-state index in [-0.39, 0.29) is 11.7 Å². The maximum atomic E-state index is 11.5. The van der Waals surface area contributed by atoms with Crippen LogP contribution in [0.15, 0.2) is 20.6 Å². The van der Waals surface area contributed by atoms with Crippen LogP contribution >= 0.6 is 0 Å². The van der Waals surface area contributed by atoms with Crippen molar-refractivity contribution in [2.24, 2.45) is 9.98 Å². The van der Waals surface area contributed by atoms with Gasteiger partial charge in [0.1, 0.15) is 5.56 Å². The fourth-order valence-corrected chi connectivity index (χ4v) is 1.27. The Morgan fingerprint density at radius 2 is 2.00 bits per heavy atom. The minimum atomic E-state index is -0.250. The monoisotopic (exact) mass is 220 g/mol. The van der Waals surface area contributed by atoms with Crippen LogP contribution < -0.4 is 10.3 Å². The SMILES string of the molecule is CC(C)Oc1[nH][nH]c(=O)c1C=C1N=CC=N1. The number of aromatic amines is 2. The number of aromatic nitrogens is 2. The third-order valence-electron chi connectivity index (χ3n) is 1.89. The lowest BCUT2D eigenvalue weighted by Gasteiger charge is -2.07. The minimum Gasteiger partial charge on any atom is -0.475 e. The molecule has 1 aromatic rings. The van der Waals surface area contributed by atoms with E-state index in [0.29, 0.717) is 17.3 Å². The van der Waals surface area contributed by atoms with Gasteiger partial charge >= 0.3 is 0 Å². The summed E-state index contributed by atoms with van der Waals surface area (Å²) in [5, 5.41) is 5.13. The van der Waals surface area contributed by atoms with Gasteiger partial charge in [0.05, 0.1) is 6.10 Å². The molecular formula is C10H12N4O2. The van der Waals surface area contributed by atoms with E-state index in [0.717, 1.165) is 0 Å². The summed E-state index contributed by atoms with van der Waals surface area (Å²) >= 11 is 0. The summed E-state index contributed by atoms with van der Waals surface area (Å²) in [5.41, 5.74) is 0.153. The van der Waals surface area contributed by atoms with Crippen molar-refractivity contribution in [3.63, 3.8) is 0 Å². The van der Waals surface area contributed by atoms with Crippen LogP contribution in [0.2, 0.25) is 0 Å². The van der Waals surface area contributed by atoms with Crippen LogP contribution in [-0.2, 0) is 0 Å². The molecule has 1 aliphatic heterocycles. The highest BCUT2D eigenvalue weighted by molar-refractivity contribution is 6.18. The molecule has 0 atom stereocenters. The predicted octanol–water partition coefficient (Wildman–Crippen LogP) is 0.944. The Balaban J connectivity index is 2.35. The first-order chi connectivity index (χ1) is 7.66. The molecule has 0 spiro atoms. The van der Waals surface area contributed by atoms with Gasteiger partial charge in [-0.1, -0.05) is 0 Å². The Morgan fingerprint density at radius 1 is 1.31 bits per heavy atom. The number of hydrogen-bond donors (Lipinski definition) is 2. The van der Waals surface area contributed by atoms with E-state index in [1.165, 1.54) is 0 Å². The maximum Gasteiger partial charge on any atom is 0.275 e. The highest BCUT2D eigenvalue weighted by atomic mass is 16.5. The summed E-state index contributed by atoms with van der Waals surface area (Å²) in [5.74, 6) is 0.892. The molecule has 84 valence electrons. The second-order valence-electron chi connectivity index (χ2n) is 3.55. The van der Waals surface area contributed by atoms with Crippen LogP contribution in [0.3, 0.4) is 0 Å². The number of nitrogens with one attached hydrogen (secondary N) is 2. The van der Waals surface area contributed by atoms with Gasteiger partial charge in [0, 0.05) is 18.5 Å². The van der Waals surface area contributed by atoms with Crippen LogP contribution in [0, 0.1) is 0 Å². The molecule has 0 saturated carbocycles. The van der Waals surface area contributed by atoms with Gasteiger partial charge in [0.2, 0.25) is 5.88 Å². The van der Waals surface area contributed by atoms with Crippen LogP contribution in [-0.4, -0.2) is 28.7 Å². The molecule has 2 heterocycles. The standard InChI is InChI=1S/C10H12N4O2/c1-6(2)16-10-7(9(15)13-14-10)5-8-11-3-4-12-8/h3-6H,1-2H3,(H2,13,14,15). The molecule has 6 heteroatoms. The van der Waals surface area contributed by atoms with Crippen molar-refractivity contribution in [3.8, 4) is 5.88 Å². The average Bonchev–Trinajstić information content (AvgIpc) is 2.82. The first kappa shape index (κ1) is 10.4. The summed E-state index contributed by atoms with van der Waals surface area (Å²) < 4.78 is 5.44. The molecule has 0 amide bonds. The highest BCUT2D eigenvalue weighted by Gasteiger charge is 2.11. The smallest absolute Gasteiger partial charge is 0.275 e. The Labute approximate surface area is 91.8 Å². The zero-order chi connectivity index (χ0) is 11.5. The van der Waals surface area contributed by atoms with Gasteiger partial charge in [-0.2, -0.15) is 0 Å². The van der Waals surface area contributed by atoms with E-state index < -0.39 is 0 Å². The van der Waals surface area contributed by atoms with E-state index in [1.807, 2.05) is 13.8 Å². The summed E-state index contributed by atoms with van der Waals surface area (Å²) in [4.78, 5) is 19.4. The lowest BCUT2D eigenvalue weighted by molar-refractivity contribution is 0.232. The van der Waals surface area contributed by atoms with Crippen molar-refractivity contribution in [2.45, 2.75) is 20.0 Å². The van der Waals surface area contributed by atoms with Crippen LogP contribution in [0.1, 0.15) is 19.4 Å². The number of aliphatic imine (C=N–C) groups is 2. The van der Waals surface area contributed by atoms with Gasteiger partial charge in [0.25, 0.3) is 5.56 Å². The number of nitrogens with zero attached hydrogens (tertiary/aromatic N) is 2. The van der Waals surface area contributed by atoms with E-state index in [1.54, 1.807) is 18.5 Å². The number of H-pyrrole nitrogens is 2. The van der Waals surface area contributed by atoms with E-state index in [4.69, 9.17) is 4.74 Å². The minimum absolute atomic E-state index is 0.0146. The lowest BCUT2D eigenvalue weighted by atomic mass is 10.3. The Kier molecular flexibility index (Phi) is 2.72. The van der Waals surface area contributed by atoms with Gasteiger partial charge in [0.15, 0.2) is 5.82 Å². The normalized spacial score (nSPS) is 13.8. The van der Waals surface area contributed by atoms with E-state index in [2.05, 4.69) is 20.2 Å². The van der Waals surface area contributed by atoms with Gasteiger partial charge in [-0.05, 0) is 13.8 Å². The van der Waals surface area contributed by atoms with Crippen LogP contribution in [0.5, 0.6) is 5.88 Å². The Bertz CT molecular complexity index is 505. The van der Waals surface area contributed by atoms with Gasteiger partial charge in [-0.3, -0.25) is 15.0 Å². The van der Waals surface area contributed by atoms with Crippen LogP contribution in [0.4, 0.5) is 0 Å². The second-order valence-corrected chi connectivity index (χ2v) is 3.55. The number of hydrogen-bond acceptors (Lipinski definition) is 4. The van der Waals surface area contributed by atoms with Gasteiger partial charge in [-0.25, -0.2) is 9.98 Å². The topological polar surface area (TPSA) is 82.6 Å². The predicted molar refractivity (Wildman–Crippen MR) is 62.1 cm³/mol. The first-order valence-electron chi connectivity index (χ1n) is 4.92. The first-order valence-corrected chi connectivity index (χ1v) is 4.92. The van der Waals surface area contributed by atoms with Gasteiger partial charge < -0.3 is 4.74 Å². The van der Waals surface area contributed by atoms with Crippen molar-refractivity contribution in [2.75, 3.05) is 0 Å². The van der Waals surface area contributed by atoms with Crippen molar-refractivity contribution < 1.29 is 4.74 Å². The quantitative estimate of drug-likeness (QED) is 0.794. The van der Waals surface area contributed by atoms with E-state index in [9.17, 15) is 4.79 Å². The highest BCUT2D eigenvalue weighted by Crippen LogP contribution is 2.17. The van der Waals surface area contributed by atoms with Gasteiger partial charge in [-0.15, -0.1) is 0 Å². The summed E-state index contributed by atoms with van der Waals surface area (Å²) in [6.45, 7) is 3.77. The van der Waals surface area contributed by atoms with Crippen molar-refractivity contribution in [1.82, 2.24) is 10.2 Å². The molecule has 16 heavy (non-hydrogen) atoms. The zero-order valence-corrected chi connectivity index (χ0v) is 9.02. The molecule has 0 aliphatic carbocycles. The molecule has 2 N–H and O–H groups in total.